The maximum Gasteiger partial charge on any atom is 0.339 e. The van der Waals surface area contributed by atoms with Crippen molar-refractivity contribution in [2.24, 2.45) is 0 Å². The van der Waals surface area contributed by atoms with Crippen LogP contribution in [-0.4, -0.2) is 18.7 Å². The lowest BCUT2D eigenvalue weighted by Crippen LogP contribution is -2.17. The summed E-state index contributed by atoms with van der Waals surface area (Å²) in [5.74, 6) is 4.29. The maximum absolute atomic E-state index is 10.4. The summed E-state index contributed by atoms with van der Waals surface area (Å²) in [7, 11) is 0. The molecule has 0 aromatic heterocycles. The predicted molar refractivity (Wildman–Crippen MR) is 34.6 cm³/mol. The molecule has 1 unspecified atom stereocenters. The Morgan fingerprint density at radius 1 is 1.70 bits per heavy atom. The monoisotopic (exact) mass is 141 g/mol. The van der Waals surface area contributed by atoms with Crippen LogP contribution in [0.1, 0.15) is 13.8 Å². The Morgan fingerprint density at radius 2 is 2.30 bits per heavy atom. The van der Waals surface area contributed by atoms with Gasteiger partial charge in [0.05, 0.1) is 0 Å². The van der Waals surface area contributed by atoms with Crippen molar-refractivity contribution in [2.45, 2.75) is 20.0 Å². The fraction of sp³-hybridized carbons (Fsp3) is 0.571. The summed E-state index contributed by atoms with van der Waals surface area (Å²) in [4.78, 5) is 10.4. The average molecular weight is 141 g/mol. The zero-order valence-electron chi connectivity index (χ0n) is 6.01. The first-order chi connectivity index (χ1) is 4.68. The molecule has 0 saturated heterocycles. The van der Waals surface area contributed by atoms with Gasteiger partial charge in [-0.05, 0) is 13.8 Å². The predicted octanol–water partition coefficient (Wildman–Crippen LogP) is 0.372. The molecule has 0 saturated carbocycles. The zero-order chi connectivity index (χ0) is 7.98. The molecule has 0 rings (SSSR count). The van der Waals surface area contributed by atoms with Crippen LogP contribution in [0.15, 0.2) is 0 Å². The minimum Gasteiger partial charge on any atom is -0.451 e. The van der Waals surface area contributed by atoms with E-state index in [-0.39, 0.29) is 6.61 Å². The lowest BCUT2D eigenvalue weighted by molar-refractivity contribution is -0.154. The van der Waals surface area contributed by atoms with Crippen LogP contribution in [0.2, 0.25) is 0 Å². The molecule has 1 radical (unpaired) electrons. The molecule has 55 valence electrons. The largest absolute Gasteiger partial charge is 0.451 e. The molecule has 0 aromatic carbocycles. The van der Waals surface area contributed by atoms with Crippen LogP contribution in [0.3, 0.4) is 0 Å². The van der Waals surface area contributed by atoms with E-state index in [0.29, 0.717) is 0 Å². The van der Waals surface area contributed by atoms with E-state index in [9.17, 15) is 9.90 Å². The van der Waals surface area contributed by atoms with Crippen molar-refractivity contribution < 1.29 is 14.6 Å². The van der Waals surface area contributed by atoms with Gasteiger partial charge in [-0.15, -0.1) is 5.92 Å². The molecular formula is C7H9O3. The average Bonchev–Trinajstić information content (AvgIpc) is 1.88. The molecule has 0 bridgehead atoms. The standard InChI is InChI=1S/C7H9O3/c1-3-4-5-10-7(9)6(2)8/h6H,5H2,1-2H3. The second kappa shape index (κ2) is 4.83. The van der Waals surface area contributed by atoms with E-state index in [1.165, 1.54) is 6.92 Å². The van der Waals surface area contributed by atoms with Crippen molar-refractivity contribution in [3.63, 3.8) is 0 Å². The summed E-state index contributed by atoms with van der Waals surface area (Å²) in [6.07, 6.45) is -1.31. The second-order valence-electron chi connectivity index (χ2n) is 1.68. The summed E-state index contributed by atoms with van der Waals surface area (Å²) in [5.41, 5.74) is 0. The number of hydrogen-bond acceptors (Lipinski definition) is 2. The molecular weight excluding hydrogens is 132 g/mol. The van der Waals surface area contributed by atoms with Crippen LogP contribution in [0.4, 0.5) is 0 Å². The first-order valence-electron chi connectivity index (χ1n) is 2.90. The topological polar surface area (TPSA) is 46.2 Å². The molecule has 1 atom stereocenters. The van der Waals surface area contributed by atoms with Crippen molar-refractivity contribution >= 4 is 5.97 Å². The van der Waals surface area contributed by atoms with Crippen molar-refractivity contribution in [3.8, 4) is 11.8 Å². The first-order valence-corrected chi connectivity index (χ1v) is 2.90. The highest BCUT2D eigenvalue weighted by molar-refractivity contribution is 5.73. The molecule has 0 amide bonds. The lowest BCUT2D eigenvalue weighted by Gasteiger charge is -1.99. The number of carbonyl (C=O) groups is 1. The summed E-state index contributed by atoms with van der Waals surface area (Å²) < 4.78 is 4.42. The third-order valence-electron chi connectivity index (χ3n) is 0.795. The molecule has 0 aliphatic carbocycles. The number of carbonyl (C=O) groups excluding carboxylic acids is 1. The van der Waals surface area contributed by atoms with Gasteiger partial charge in [0.1, 0.15) is 0 Å². The van der Waals surface area contributed by atoms with E-state index in [1.807, 2.05) is 0 Å². The third kappa shape index (κ3) is 3.93. The fourth-order valence-electron chi connectivity index (χ4n) is 0.297. The van der Waals surface area contributed by atoms with Crippen LogP contribution >= 0.6 is 0 Å². The SMILES string of the molecule is CC#CCOC(=O)C(C)[O]. The summed E-state index contributed by atoms with van der Waals surface area (Å²) >= 11 is 0. The van der Waals surface area contributed by atoms with Crippen LogP contribution < -0.4 is 0 Å². The molecule has 0 aliphatic rings. The van der Waals surface area contributed by atoms with Crippen molar-refractivity contribution in [1.82, 2.24) is 0 Å². The van der Waals surface area contributed by atoms with Gasteiger partial charge >= 0.3 is 5.97 Å². The number of ether oxygens (including phenoxy) is 1. The molecule has 0 aromatic rings. The van der Waals surface area contributed by atoms with E-state index in [0.717, 1.165) is 0 Å². The van der Waals surface area contributed by atoms with Gasteiger partial charge in [0, 0.05) is 0 Å². The second-order valence-corrected chi connectivity index (χ2v) is 1.68. The molecule has 3 heteroatoms. The van der Waals surface area contributed by atoms with Gasteiger partial charge < -0.3 is 4.74 Å². The summed E-state index contributed by atoms with van der Waals surface area (Å²) in [5, 5.41) is 10.3. The molecule has 0 spiro atoms. The smallest absolute Gasteiger partial charge is 0.339 e. The minimum absolute atomic E-state index is 0.0158. The normalized spacial score (nSPS) is 11.1. The Labute approximate surface area is 60.0 Å². The Hall–Kier alpha value is -1.01. The van der Waals surface area contributed by atoms with E-state index in [4.69, 9.17) is 0 Å². The van der Waals surface area contributed by atoms with Crippen molar-refractivity contribution in [1.29, 1.82) is 0 Å². The molecule has 10 heavy (non-hydrogen) atoms. The van der Waals surface area contributed by atoms with E-state index < -0.39 is 12.1 Å². The van der Waals surface area contributed by atoms with Gasteiger partial charge in [0.25, 0.3) is 0 Å². The molecule has 0 aliphatic heterocycles. The molecule has 0 N–H and O–H groups in total. The maximum atomic E-state index is 10.4. The summed E-state index contributed by atoms with van der Waals surface area (Å²) in [6.45, 7) is 2.89. The van der Waals surface area contributed by atoms with Crippen LogP contribution in [0.25, 0.3) is 0 Å². The highest BCUT2D eigenvalue weighted by Crippen LogP contribution is 1.85. The van der Waals surface area contributed by atoms with E-state index in [1.54, 1.807) is 6.92 Å². The minimum atomic E-state index is -1.31. The number of esters is 1. The van der Waals surface area contributed by atoms with E-state index >= 15 is 0 Å². The van der Waals surface area contributed by atoms with Crippen LogP contribution in [0.5, 0.6) is 0 Å². The molecule has 0 heterocycles. The van der Waals surface area contributed by atoms with Gasteiger partial charge in [-0.25, -0.2) is 9.90 Å². The van der Waals surface area contributed by atoms with Gasteiger partial charge in [-0.3, -0.25) is 0 Å². The first kappa shape index (κ1) is 8.99. The lowest BCUT2D eigenvalue weighted by atomic mass is 10.4. The summed E-state index contributed by atoms with van der Waals surface area (Å²) in [6, 6.07) is 0. The highest BCUT2D eigenvalue weighted by Gasteiger charge is 2.10. The van der Waals surface area contributed by atoms with Gasteiger partial charge in [-0.2, -0.15) is 0 Å². The highest BCUT2D eigenvalue weighted by atomic mass is 16.5. The van der Waals surface area contributed by atoms with Gasteiger partial charge in [-0.1, -0.05) is 5.92 Å². The Bertz CT molecular complexity index is 161. The van der Waals surface area contributed by atoms with Crippen LogP contribution in [0, 0.1) is 11.8 Å². The van der Waals surface area contributed by atoms with Crippen molar-refractivity contribution in [3.05, 3.63) is 0 Å². The number of rotatable bonds is 2. The Morgan fingerprint density at radius 3 is 2.70 bits per heavy atom. The zero-order valence-corrected chi connectivity index (χ0v) is 6.01. The molecule has 3 nitrogen and oxygen atoms in total. The van der Waals surface area contributed by atoms with Gasteiger partial charge in [0.2, 0.25) is 0 Å². The van der Waals surface area contributed by atoms with Crippen LogP contribution in [-0.2, 0) is 14.6 Å². The molecule has 0 fully saturated rings. The van der Waals surface area contributed by atoms with Crippen molar-refractivity contribution in [2.75, 3.05) is 6.61 Å². The van der Waals surface area contributed by atoms with Gasteiger partial charge in [0.15, 0.2) is 12.7 Å². The fourth-order valence-corrected chi connectivity index (χ4v) is 0.297. The third-order valence-corrected chi connectivity index (χ3v) is 0.795. The Balaban J connectivity index is 3.47. The van der Waals surface area contributed by atoms with E-state index in [2.05, 4.69) is 16.6 Å². The number of hydrogen-bond donors (Lipinski definition) is 0. The Kier molecular flexibility index (Phi) is 4.34. The quantitative estimate of drug-likeness (QED) is 0.412.